The highest BCUT2D eigenvalue weighted by atomic mass is 35.5. The van der Waals surface area contributed by atoms with Crippen LogP contribution < -0.4 is 5.32 Å². The molecule has 0 saturated carbocycles. The number of imidazole rings is 1. The number of benzene rings is 1. The molecule has 0 unspecified atom stereocenters. The summed E-state index contributed by atoms with van der Waals surface area (Å²) in [5.41, 5.74) is 1.62. The van der Waals surface area contributed by atoms with Gasteiger partial charge in [0.25, 0.3) is 5.91 Å². The number of aromatic nitrogens is 3. The number of rotatable bonds is 6. The van der Waals surface area contributed by atoms with E-state index in [1.807, 2.05) is 22.9 Å². The first-order chi connectivity index (χ1) is 11.7. The number of aryl methyl sites for hydroxylation is 2. The van der Waals surface area contributed by atoms with Gasteiger partial charge in [0, 0.05) is 31.0 Å². The predicted molar refractivity (Wildman–Crippen MR) is 90.9 cm³/mol. The van der Waals surface area contributed by atoms with Crippen LogP contribution >= 0.6 is 11.6 Å². The third-order valence-electron chi connectivity index (χ3n) is 3.65. The van der Waals surface area contributed by atoms with Gasteiger partial charge in [0.2, 0.25) is 0 Å². The lowest BCUT2D eigenvalue weighted by molar-refractivity contribution is 0.0952. The number of halogens is 1. The van der Waals surface area contributed by atoms with Gasteiger partial charge < -0.3 is 14.4 Å². The van der Waals surface area contributed by atoms with Gasteiger partial charge in [0.05, 0.1) is 17.0 Å². The average Bonchev–Trinajstić information content (AvgIpc) is 3.21. The van der Waals surface area contributed by atoms with Gasteiger partial charge >= 0.3 is 0 Å². The fourth-order valence-electron chi connectivity index (χ4n) is 2.44. The Morgan fingerprint density at radius 1 is 1.38 bits per heavy atom. The van der Waals surface area contributed by atoms with E-state index < -0.39 is 0 Å². The zero-order chi connectivity index (χ0) is 16.9. The molecule has 1 N–H and O–H groups in total. The summed E-state index contributed by atoms with van der Waals surface area (Å²) in [7, 11) is 0. The molecular weight excluding hydrogens is 328 g/mol. The Morgan fingerprint density at radius 3 is 2.96 bits per heavy atom. The van der Waals surface area contributed by atoms with E-state index in [-0.39, 0.29) is 5.91 Å². The summed E-state index contributed by atoms with van der Waals surface area (Å²) in [5, 5.41) is 7.34. The molecule has 1 aromatic carbocycles. The normalized spacial score (nSPS) is 10.8. The molecule has 0 aliphatic rings. The fraction of sp³-hybridized carbons (Fsp3) is 0.235. The van der Waals surface area contributed by atoms with Gasteiger partial charge in [-0.1, -0.05) is 28.9 Å². The van der Waals surface area contributed by atoms with Crippen LogP contribution in [0.5, 0.6) is 0 Å². The lowest BCUT2D eigenvalue weighted by Crippen LogP contribution is -2.26. The highest BCUT2D eigenvalue weighted by molar-refractivity contribution is 6.33. The molecule has 6 nitrogen and oxygen atoms in total. The standard InChI is InChI=1S/C17H17ClN4O2/c1-12-15(16(24-21-12)13-5-2-3-6-14(13)18)17(23)20-7-4-9-22-10-8-19-11-22/h2-3,5-6,8,10-11H,4,7,9H2,1H3,(H,20,23). The molecule has 7 heteroatoms. The Labute approximate surface area is 144 Å². The quantitative estimate of drug-likeness (QED) is 0.696. The SMILES string of the molecule is Cc1noc(-c2ccccc2Cl)c1C(=O)NCCCn1ccnc1. The number of hydrogen-bond donors (Lipinski definition) is 1. The number of nitrogens with one attached hydrogen (secondary N) is 1. The lowest BCUT2D eigenvalue weighted by atomic mass is 10.1. The van der Waals surface area contributed by atoms with E-state index in [0.29, 0.717) is 34.1 Å². The molecule has 2 aromatic heterocycles. The predicted octanol–water partition coefficient (Wildman–Crippen LogP) is 3.32. The van der Waals surface area contributed by atoms with E-state index in [9.17, 15) is 4.79 Å². The second-order valence-electron chi connectivity index (χ2n) is 5.36. The van der Waals surface area contributed by atoms with Crippen molar-refractivity contribution < 1.29 is 9.32 Å². The molecule has 0 fully saturated rings. The minimum Gasteiger partial charge on any atom is -0.355 e. The van der Waals surface area contributed by atoms with Crippen LogP contribution in [0.3, 0.4) is 0 Å². The van der Waals surface area contributed by atoms with Crippen LogP contribution in [0.2, 0.25) is 5.02 Å². The summed E-state index contributed by atoms with van der Waals surface area (Å²) in [6, 6.07) is 7.22. The molecule has 0 saturated heterocycles. The first kappa shape index (κ1) is 16.3. The van der Waals surface area contributed by atoms with Crippen LogP contribution in [0.15, 0.2) is 47.5 Å². The van der Waals surface area contributed by atoms with Crippen molar-refractivity contribution in [2.45, 2.75) is 19.9 Å². The van der Waals surface area contributed by atoms with Crippen molar-refractivity contribution in [2.24, 2.45) is 0 Å². The molecule has 0 bridgehead atoms. The van der Waals surface area contributed by atoms with E-state index in [4.69, 9.17) is 16.1 Å². The molecule has 0 radical (unpaired) electrons. The summed E-state index contributed by atoms with van der Waals surface area (Å²) in [4.78, 5) is 16.5. The Hall–Kier alpha value is -2.60. The number of carbonyl (C=O) groups is 1. The topological polar surface area (TPSA) is 73.0 Å². The number of amides is 1. The molecule has 3 aromatic rings. The molecule has 0 atom stereocenters. The van der Waals surface area contributed by atoms with Crippen molar-refractivity contribution >= 4 is 17.5 Å². The molecule has 3 rings (SSSR count). The maximum absolute atomic E-state index is 12.5. The summed E-state index contributed by atoms with van der Waals surface area (Å²) in [5.74, 6) is 0.180. The van der Waals surface area contributed by atoms with Crippen LogP contribution in [0.1, 0.15) is 22.5 Å². The van der Waals surface area contributed by atoms with Crippen molar-refractivity contribution in [3.8, 4) is 11.3 Å². The third kappa shape index (κ3) is 3.49. The smallest absolute Gasteiger partial charge is 0.257 e. The summed E-state index contributed by atoms with van der Waals surface area (Å²) in [6.07, 6.45) is 6.17. The summed E-state index contributed by atoms with van der Waals surface area (Å²) < 4.78 is 7.31. The van der Waals surface area contributed by atoms with E-state index in [1.54, 1.807) is 31.6 Å². The molecule has 0 spiro atoms. The highest BCUT2D eigenvalue weighted by Crippen LogP contribution is 2.31. The molecular formula is C17H17ClN4O2. The van der Waals surface area contributed by atoms with E-state index in [2.05, 4.69) is 15.5 Å². The van der Waals surface area contributed by atoms with Crippen molar-refractivity contribution in [1.82, 2.24) is 20.0 Å². The summed E-state index contributed by atoms with van der Waals surface area (Å²) in [6.45, 7) is 3.08. The monoisotopic (exact) mass is 344 g/mol. The lowest BCUT2D eigenvalue weighted by Gasteiger charge is -2.07. The van der Waals surface area contributed by atoms with Gasteiger partial charge in [-0.2, -0.15) is 0 Å². The van der Waals surface area contributed by atoms with E-state index in [0.717, 1.165) is 13.0 Å². The molecule has 1 amide bonds. The Balaban J connectivity index is 1.69. The molecule has 24 heavy (non-hydrogen) atoms. The Morgan fingerprint density at radius 2 is 2.21 bits per heavy atom. The van der Waals surface area contributed by atoms with Gasteiger partial charge in [-0.05, 0) is 25.5 Å². The molecule has 2 heterocycles. The van der Waals surface area contributed by atoms with Crippen molar-refractivity contribution in [2.75, 3.05) is 6.54 Å². The minimum absolute atomic E-state index is 0.214. The first-order valence-corrected chi connectivity index (χ1v) is 7.99. The zero-order valence-corrected chi connectivity index (χ0v) is 14.0. The second kappa shape index (κ2) is 7.31. The van der Waals surface area contributed by atoms with Crippen LogP contribution in [0, 0.1) is 6.92 Å². The van der Waals surface area contributed by atoms with Crippen molar-refractivity contribution in [1.29, 1.82) is 0 Å². The summed E-state index contributed by atoms with van der Waals surface area (Å²) >= 11 is 6.20. The molecule has 0 aliphatic heterocycles. The Kier molecular flexibility index (Phi) is 4.96. The van der Waals surface area contributed by atoms with Gasteiger partial charge in [-0.15, -0.1) is 0 Å². The van der Waals surface area contributed by atoms with Gasteiger partial charge in [-0.3, -0.25) is 4.79 Å². The van der Waals surface area contributed by atoms with Crippen molar-refractivity contribution in [3.05, 3.63) is 59.3 Å². The zero-order valence-electron chi connectivity index (χ0n) is 13.2. The van der Waals surface area contributed by atoms with Crippen LogP contribution in [0.4, 0.5) is 0 Å². The third-order valence-corrected chi connectivity index (χ3v) is 3.98. The number of hydrogen-bond acceptors (Lipinski definition) is 4. The van der Waals surface area contributed by atoms with E-state index >= 15 is 0 Å². The molecule has 124 valence electrons. The first-order valence-electron chi connectivity index (χ1n) is 7.62. The van der Waals surface area contributed by atoms with Gasteiger partial charge in [0.1, 0.15) is 5.56 Å². The number of carbonyl (C=O) groups excluding carboxylic acids is 1. The average molecular weight is 345 g/mol. The van der Waals surface area contributed by atoms with Crippen LogP contribution in [0.25, 0.3) is 11.3 Å². The maximum Gasteiger partial charge on any atom is 0.257 e. The Bertz CT molecular complexity index is 827. The molecule has 0 aliphatic carbocycles. The van der Waals surface area contributed by atoms with Crippen molar-refractivity contribution in [3.63, 3.8) is 0 Å². The largest absolute Gasteiger partial charge is 0.355 e. The van der Waals surface area contributed by atoms with Crippen LogP contribution in [-0.4, -0.2) is 27.2 Å². The van der Waals surface area contributed by atoms with Crippen LogP contribution in [-0.2, 0) is 6.54 Å². The van der Waals surface area contributed by atoms with Gasteiger partial charge in [0.15, 0.2) is 5.76 Å². The minimum atomic E-state index is -0.214. The fourth-order valence-corrected chi connectivity index (χ4v) is 2.66. The van der Waals surface area contributed by atoms with E-state index in [1.165, 1.54) is 0 Å². The maximum atomic E-state index is 12.5. The second-order valence-corrected chi connectivity index (χ2v) is 5.77. The van der Waals surface area contributed by atoms with Gasteiger partial charge in [-0.25, -0.2) is 4.98 Å². The highest BCUT2D eigenvalue weighted by Gasteiger charge is 2.22. The number of nitrogens with zero attached hydrogens (tertiary/aromatic N) is 3.